The van der Waals surface area contributed by atoms with Gasteiger partial charge in [0.2, 0.25) is 5.91 Å². The molecule has 1 saturated heterocycles. The fourth-order valence-corrected chi connectivity index (χ4v) is 3.37. The lowest BCUT2D eigenvalue weighted by atomic mass is 10.0. The number of likely N-dealkylation sites (tertiary alicyclic amines) is 1. The van der Waals surface area contributed by atoms with Crippen LogP contribution in [0.3, 0.4) is 0 Å². The summed E-state index contributed by atoms with van der Waals surface area (Å²) in [4.78, 5) is 28.1. The molecule has 0 radical (unpaired) electrons. The number of hydrogen-bond donors (Lipinski definition) is 1. The van der Waals surface area contributed by atoms with E-state index in [0.29, 0.717) is 56.4 Å². The standard InChI is InChI=1S/C20H30ClN3O3/c1-3-23(4-2)20(26)22-16-11-13-24(14-12-16)19(25)10-7-15-27-18-9-6-5-8-17(18)21/h5-6,8-9,16H,3-4,7,10-15H2,1-2H3,(H,22,26). The number of carbonyl (C=O) groups excluding carboxylic acids is 2. The molecule has 0 aliphatic carbocycles. The van der Waals surface area contributed by atoms with Gasteiger partial charge < -0.3 is 19.9 Å². The second-order valence-electron chi connectivity index (χ2n) is 6.66. The number of para-hydroxylation sites is 1. The lowest BCUT2D eigenvalue weighted by molar-refractivity contribution is -0.132. The van der Waals surface area contributed by atoms with Crippen molar-refractivity contribution in [2.24, 2.45) is 0 Å². The molecule has 150 valence electrons. The Morgan fingerprint density at radius 2 is 1.89 bits per heavy atom. The van der Waals surface area contributed by atoms with E-state index in [1.54, 1.807) is 11.0 Å². The van der Waals surface area contributed by atoms with Crippen LogP contribution in [0.5, 0.6) is 5.75 Å². The summed E-state index contributed by atoms with van der Waals surface area (Å²) in [5.41, 5.74) is 0. The largest absolute Gasteiger partial charge is 0.492 e. The van der Waals surface area contributed by atoms with Crippen LogP contribution in [0.1, 0.15) is 39.5 Å². The number of rotatable bonds is 8. The molecule has 1 aliphatic rings. The van der Waals surface area contributed by atoms with Gasteiger partial charge in [0.05, 0.1) is 11.6 Å². The number of halogens is 1. The van der Waals surface area contributed by atoms with Gasteiger partial charge in [0.25, 0.3) is 0 Å². The van der Waals surface area contributed by atoms with Gasteiger partial charge in [-0.1, -0.05) is 23.7 Å². The predicted molar refractivity (Wildman–Crippen MR) is 107 cm³/mol. The summed E-state index contributed by atoms with van der Waals surface area (Å²) in [6, 6.07) is 7.46. The van der Waals surface area contributed by atoms with Crippen molar-refractivity contribution in [3.8, 4) is 5.75 Å². The van der Waals surface area contributed by atoms with Crippen molar-refractivity contribution in [1.82, 2.24) is 15.1 Å². The van der Waals surface area contributed by atoms with Crippen molar-refractivity contribution in [2.75, 3.05) is 32.8 Å². The minimum atomic E-state index is -0.0125. The Kier molecular flexibility index (Phi) is 8.72. The van der Waals surface area contributed by atoms with Crippen LogP contribution >= 0.6 is 11.6 Å². The number of nitrogens with one attached hydrogen (secondary N) is 1. The minimum Gasteiger partial charge on any atom is -0.492 e. The molecular formula is C20H30ClN3O3. The number of amides is 3. The lowest BCUT2D eigenvalue weighted by Crippen LogP contribution is -2.50. The van der Waals surface area contributed by atoms with E-state index >= 15 is 0 Å². The first-order chi connectivity index (χ1) is 13.0. The van der Waals surface area contributed by atoms with Crippen molar-refractivity contribution >= 4 is 23.5 Å². The molecule has 2 rings (SSSR count). The zero-order valence-corrected chi connectivity index (χ0v) is 17.0. The number of ether oxygens (including phenoxy) is 1. The topological polar surface area (TPSA) is 61.9 Å². The molecule has 1 fully saturated rings. The maximum absolute atomic E-state index is 12.4. The van der Waals surface area contributed by atoms with Gasteiger partial charge in [0.15, 0.2) is 0 Å². The van der Waals surface area contributed by atoms with Crippen LogP contribution in [0.4, 0.5) is 4.79 Å². The highest BCUT2D eigenvalue weighted by Crippen LogP contribution is 2.23. The normalized spacial score (nSPS) is 14.7. The fourth-order valence-electron chi connectivity index (χ4n) is 3.18. The molecule has 0 bridgehead atoms. The quantitative estimate of drug-likeness (QED) is 0.685. The van der Waals surface area contributed by atoms with Gasteiger partial charge in [0.1, 0.15) is 5.75 Å². The Hall–Kier alpha value is -1.95. The van der Waals surface area contributed by atoms with Crippen LogP contribution in [0, 0.1) is 0 Å². The SMILES string of the molecule is CCN(CC)C(=O)NC1CCN(C(=O)CCCOc2ccccc2Cl)CC1. The molecule has 1 aromatic rings. The Bertz CT molecular complexity index is 614. The summed E-state index contributed by atoms with van der Waals surface area (Å²) in [7, 11) is 0. The summed E-state index contributed by atoms with van der Waals surface area (Å²) in [5, 5.41) is 3.65. The smallest absolute Gasteiger partial charge is 0.317 e. The van der Waals surface area contributed by atoms with E-state index in [9.17, 15) is 9.59 Å². The Morgan fingerprint density at radius 3 is 2.52 bits per heavy atom. The maximum atomic E-state index is 12.4. The average Bonchev–Trinajstić information content (AvgIpc) is 2.68. The second kappa shape index (κ2) is 11.0. The van der Waals surface area contributed by atoms with E-state index in [0.717, 1.165) is 12.8 Å². The highest BCUT2D eigenvalue weighted by atomic mass is 35.5. The summed E-state index contributed by atoms with van der Waals surface area (Å²) in [5.74, 6) is 0.794. The van der Waals surface area contributed by atoms with E-state index < -0.39 is 0 Å². The summed E-state index contributed by atoms with van der Waals surface area (Å²) in [6.45, 7) is 7.19. The van der Waals surface area contributed by atoms with Crippen LogP contribution in [0.2, 0.25) is 5.02 Å². The third-order valence-corrected chi connectivity index (χ3v) is 5.17. The fraction of sp³-hybridized carbons (Fsp3) is 0.600. The number of carbonyl (C=O) groups is 2. The monoisotopic (exact) mass is 395 g/mol. The van der Waals surface area contributed by atoms with Gasteiger partial charge in [-0.3, -0.25) is 4.79 Å². The average molecular weight is 396 g/mol. The molecule has 3 amide bonds. The molecule has 7 heteroatoms. The molecular weight excluding hydrogens is 366 g/mol. The molecule has 0 saturated carbocycles. The number of urea groups is 1. The highest BCUT2D eigenvalue weighted by Gasteiger charge is 2.24. The van der Waals surface area contributed by atoms with E-state index in [1.165, 1.54) is 0 Å². The van der Waals surface area contributed by atoms with Crippen molar-refractivity contribution in [1.29, 1.82) is 0 Å². The minimum absolute atomic E-state index is 0.0125. The van der Waals surface area contributed by atoms with Crippen LogP contribution in [-0.4, -0.2) is 60.6 Å². The summed E-state index contributed by atoms with van der Waals surface area (Å²) < 4.78 is 5.62. The lowest BCUT2D eigenvalue weighted by Gasteiger charge is -2.33. The van der Waals surface area contributed by atoms with Gasteiger partial charge >= 0.3 is 6.03 Å². The van der Waals surface area contributed by atoms with Crippen molar-refractivity contribution < 1.29 is 14.3 Å². The second-order valence-corrected chi connectivity index (χ2v) is 7.07. The molecule has 0 spiro atoms. The number of piperidine rings is 1. The summed E-state index contributed by atoms with van der Waals surface area (Å²) in [6.07, 6.45) is 2.72. The third kappa shape index (κ3) is 6.61. The van der Waals surface area contributed by atoms with Crippen LogP contribution in [-0.2, 0) is 4.79 Å². The molecule has 1 N–H and O–H groups in total. The molecule has 0 unspecified atom stereocenters. The number of hydrogen-bond acceptors (Lipinski definition) is 3. The third-order valence-electron chi connectivity index (χ3n) is 4.86. The summed E-state index contributed by atoms with van der Waals surface area (Å²) >= 11 is 6.04. The zero-order chi connectivity index (χ0) is 19.6. The molecule has 27 heavy (non-hydrogen) atoms. The van der Waals surface area contributed by atoms with E-state index in [4.69, 9.17) is 16.3 Å². The Morgan fingerprint density at radius 1 is 1.22 bits per heavy atom. The molecule has 1 aliphatic heterocycles. The molecule has 0 aromatic heterocycles. The van der Waals surface area contributed by atoms with Gasteiger partial charge in [-0.15, -0.1) is 0 Å². The number of benzene rings is 1. The molecule has 1 heterocycles. The van der Waals surface area contributed by atoms with Crippen molar-refractivity contribution in [3.05, 3.63) is 29.3 Å². The molecule has 0 atom stereocenters. The first-order valence-corrected chi connectivity index (χ1v) is 10.1. The van der Waals surface area contributed by atoms with Crippen LogP contribution in [0.25, 0.3) is 0 Å². The van der Waals surface area contributed by atoms with Gasteiger partial charge in [-0.2, -0.15) is 0 Å². The zero-order valence-electron chi connectivity index (χ0n) is 16.2. The van der Waals surface area contributed by atoms with Gasteiger partial charge in [0, 0.05) is 38.6 Å². The molecule has 1 aromatic carbocycles. The Balaban J connectivity index is 1.64. The van der Waals surface area contributed by atoms with E-state index in [-0.39, 0.29) is 18.0 Å². The molecule has 6 nitrogen and oxygen atoms in total. The van der Waals surface area contributed by atoms with Crippen LogP contribution in [0.15, 0.2) is 24.3 Å². The van der Waals surface area contributed by atoms with Crippen LogP contribution < -0.4 is 10.1 Å². The van der Waals surface area contributed by atoms with Gasteiger partial charge in [-0.05, 0) is 45.2 Å². The van der Waals surface area contributed by atoms with E-state index in [1.807, 2.05) is 36.9 Å². The maximum Gasteiger partial charge on any atom is 0.317 e. The first-order valence-electron chi connectivity index (χ1n) is 9.75. The van der Waals surface area contributed by atoms with Gasteiger partial charge in [-0.25, -0.2) is 4.79 Å². The van der Waals surface area contributed by atoms with Crippen molar-refractivity contribution in [2.45, 2.75) is 45.6 Å². The number of nitrogens with zero attached hydrogens (tertiary/aromatic N) is 2. The highest BCUT2D eigenvalue weighted by molar-refractivity contribution is 6.32. The Labute approximate surface area is 166 Å². The van der Waals surface area contributed by atoms with Crippen molar-refractivity contribution in [3.63, 3.8) is 0 Å². The predicted octanol–water partition coefficient (Wildman–Crippen LogP) is 3.54. The first kappa shape index (κ1) is 21.4. The van der Waals surface area contributed by atoms with E-state index in [2.05, 4.69) is 5.32 Å².